The molecule has 0 bridgehead atoms. The Balaban J connectivity index is 2.71. The maximum Gasteiger partial charge on any atom is 0.240 e. The lowest BCUT2D eigenvalue weighted by Gasteiger charge is -2.35. The zero-order chi connectivity index (χ0) is 12.6. The van der Waals surface area contributed by atoms with E-state index in [1.807, 2.05) is 0 Å². The normalized spacial score (nSPS) is 20.1. The number of hydrogen-bond donors (Lipinski definition) is 1. The topological polar surface area (TPSA) is 52.9 Å². The highest BCUT2D eigenvalue weighted by atomic mass is 16.2. The Labute approximate surface area is 98.2 Å². The van der Waals surface area contributed by atoms with Crippen LogP contribution in [0.3, 0.4) is 0 Å². The van der Waals surface area contributed by atoms with Crippen LogP contribution in [0, 0.1) is 28.1 Å². The van der Waals surface area contributed by atoms with Crippen LogP contribution in [-0.4, -0.2) is 11.9 Å². The summed E-state index contributed by atoms with van der Waals surface area (Å²) in [6, 6.07) is 2.25. The van der Waals surface area contributed by atoms with Gasteiger partial charge in [-0.05, 0) is 24.2 Å². The Bertz CT molecular complexity index is 316. The lowest BCUT2D eigenvalue weighted by atomic mass is 9.80. The molecule has 1 N–H and O–H groups in total. The van der Waals surface area contributed by atoms with Crippen LogP contribution in [0.4, 0.5) is 0 Å². The van der Waals surface area contributed by atoms with E-state index in [-0.39, 0.29) is 17.4 Å². The van der Waals surface area contributed by atoms with E-state index in [1.54, 1.807) is 0 Å². The van der Waals surface area contributed by atoms with Crippen LogP contribution in [0.25, 0.3) is 0 Å². The first kappa shape index (κ1) is 13.0. The second-order valence-electron chi connectivity index (χ2n) is 6.26. The maximum atomic E-state index is 12.0. The predicted octanol–water partition coefficient (Wildman–Crippen LogP) is 2.48. The molecule has 0 aromatic heterocycles. The first-order valence-corrected chi connectivity index (χ1v) is 5.95. The molecule has 0 aliphatic heterocycles. The number of carbonyl (C=O) groups excluding carboxylic acids is 1. The van der Waals surface area contributed by atoms with Gasteiger partial charge in [0, 0.05) is 6.04 Å². The fourth-order valence-corrected chi connectivity index (χ4v) is 2.18. The van der Waals surface area contributed by atoms with Gasteiger partial charge < -0.3 is 5.32 Å². The summed E-state index contributed by atoms with van der Waals surface area (Å²) < 4.78 is 0. The minimum absolute atomic E-state index is 0.0232. The summed E-state index contributed by atoms with van der Waals surface area (Å²) in [7, 11) is 0. The Kier molecular flexibility index (Phi) is 3.33. The number of nitriles is 1. The van der Waals surface area contributed by atoms with Crippen molar-refractivity contribution >= 4 is 5.91 Å². The quantitative estimate of drug-likeness (QED) is 0.797. The zero-order valence-corrected chi connectivity index (χ0v) is 10.9. The summed E-state index contributed by atoms with van der Waals surface area (Å²) in [5.74, 6) is 0.294. The van der Waals surface area contributed by atoms with Gasteiger partial charge in [0.2, 0.25) is 5.91 Å². The largest absolute Gasteiger partial charge is 0.351 e. The van der Waals surface area contributed by atoms with E-state index >= 15 is 0 Å². The van der Waals surface area contributed by atoms with Crippen LogP contribution >= 0.6 is 0 Å². The third-order valence-electron chi connectivity index (χ3n) is 3.28. The first-order valence-electron chi connectivity index (χ1n) is 5.95. The maximum absolute atomic E-state index is 12.0. The van der Waals surface area contributed by atoms with Crippen molar-refractivity contribution in [2.75, 3.05) is 0 Å². The van der Waals surface area contributed by atoms with E-state index in [2.05, 4.69) is 46.0 Å². The van der Waals surface area contributed by atoms with Crippen molar-refractivity contribution in [1.29, 1.82) is 5.26 Å². The fourth-order valence-electron chi connectivity index (χ4n) is 2.18. The van der Waals surface area contributed by atoms with Gasteiger partial charge in [0.25, 0.3) is 0 Å². The van der Waals surface area contributed by atoms with Crippen molar-refractivity contribution < 1.29 is 4.79 Å². The van der Waals surface area contributed by atoms with Crippen molar-refractivity contribution in [1.82, 2.24) is 5.32 Å². The van der Waals surface area contributed by atoms with Crippen LogP contribution in [-0.2, 0) is 4.79 Å². The number of amides is 1. The van der Waals surface area contributed by atoms with Crippen LogP contribution in [0.1, 0.15) is 47.5 Å². The monoisotopic (exact) mass is 222 g/mol. The molecule has 0 heterocycles. The van der Waals surface area contributed by atoms with E-state index < -0.39 is 5.41 Å². The van der Waals surface area contributed by atoms with Gasteiger partial charge >= 0.3 is 0 Å². The number of nitrogens with one attached hydrogen (secondary N) is 1. The number of hydrogen-bond acceptors (Lipinski definition) is 2. The molecule has 1 amide bonds. The van der Waals surface area contributed by atoms with Gasteiger partial charge in [-0.15, -0.1) is 0 Å². The lowest BCUT2D eigenvalue weighted by Crippen LogP contribution is -2.49. The SMILES string of the molecule is CC(C)C(NC(=O)C1(C#N)CC1)C(C)(C)C. The van der Waals surface area contributed by atoms with E-state index in [4.69, 9.17) is 5.26 Å². The van der Waals surface area contributed by atoms with Crippen molar-refractivity contribution in [3.63, 3.8) is 0 Å². The summed E-state index contributed by atoms with van der Waals surface area (Å²) in [4.78, 5) is 12.0. The molecule has 16 heavy (non-hydrogen) atoms. The minimum atomic E-state index is -0.710. The molecular weight excluding hydrogens is 200 g/mol. The summed E-state index contributed by atoms with van der Waals surface area (Å²) >= 11 is 0. The number of nitrogens with zero attached hydrogens (tertiary/aromatic N) is 1. The third-order valence-corrected chi connectivity index (χ3v) is 3.28. The van der Waals surface area contributed by atoms with Gasteiger partial charge in [-0.1, -0.05) is 34.6 Å². The molecule has 0 spiro atoms. The molecule has 1 saturated carbocycles. The highest BCUT2D eigenvalue weighted by Gasteiger charge is 2.51. The molecule has 1 fully saturated rings. The molecule has 3 nitrogen and oxygen atoms in total. The van der Waals surface area contributed by atoms with Gasteiger partial charge in [-0.3, -0.25) is 4.79 Å². The summed E-state index contributed by atoms with van der Waals surface area (Å²) in [6.07, 6.45) is 1.43. The molecule has 1 aliphatic rings. The molecule has 0 radical (unpaired) electrons. The standard InChI is InChI=1S/C13H22N2O/c1-9(2)10(12(3,4)5)15-11(16)13(8-14)6-7-13/h9-10H,6-7H2,1-5H3,(H,15,16). The van der Waals surface area contributed by atoms with Crippen molar-refractivity contribution in [3.8, 4) is 6.07 Å². The molecule has 1 unspecified atom stereocenters. The number of rotatable bonds is 3. The Hall–Kier alpha value is -1.04. The van der Waals surface area contributed by atoms with Gasteiger partial charge in [-0.25, -0.2) is 0 Å². The van der Waals surface area contributed by atoms with Gasteiger partial charge in [0.1, 0.15) is 5.41 Å². The van der Waals surface area contributed by atoms with Crippen LogP contribution < -0.4 is 5.32 Å². The van der Waals surface area contributed by atoms with Crippen molar-refractivity contribution in [2.24, 2.45) is 16.7 Å². The van der Waals surface area contributed by atoms with Crippen LogP contribution in [0.15, 0.2) is 0 Å². The van der Waals surface area contributed by atoms with Crippen LogP contribution in [0.5, 0.6) is 0 Å². The molecule has 1 rings (SSSR count). The minimum Gasteiger partial charge on any atom is -0.351 e. The Morgan fingerprint density at radius 2 is 1.88 bits per heavy atom. The molecule has 90 valence electrons. The molecule has 1 aliphatic carbocycles. The van der Waals surface area contributed by atoms with E-state index in [0.717, 1.165) is 0 Å². The fraction of sp³-hybridized carbons (Fsp3) is 0.846. The Morgan fingerprint density at radius 3 is 2.12 bits per heavy atom. The van der Waals surface area contributed by atoms with Gasteiger partial charge in [-0.2, -0.15) is 5.26 Å². The highest BCUT2D eigenvalue weighted by molar-refractivity contribution is 5.88. The average Bonchev–Trinajstić information content (AvgIpc) is 2.91. The molecule has 0 saturated heterocycles. The zero-order valence-electron chi connectivity index (χ0n) is 10.9. The van der Waals surface area contributed by atoms with E-state index in [0.29, 0.717) is 18.8 Å². The molecule has 3 heteroatoms. The van der Waals surface area contributed by atoms with Crippen molar-refractivity contribution in [3.05, 3.63) is 0 Å². The van der Waals surface area contributed by atoms with Gasteiger partial charge in [0.15, 0.2) is 0 Å². The first-order chi connectivity index (χ1) is 7.23. The second kappa shape index (κ2) is 4.08. The summed E-state index contributed by atoms with van der Waals surface area (Å²) in [5, 5.41) is 12.0. The second-order valence-corrected chi connectivity index (χ2v) is 6.26. The van der Waals surface area contributed by atoms with Crippen molar-refractivity contribution in [2.45, 2.75) is 53.5 Å². The Morgan fingerprint density at radius 1 is 1.38 bits per heavy atom. The van der Waals surface area contributed by atoms with Crippen LogP contribution in [0.2, 0.25) is 0 Å². The molecule has 1 atom stereocenters. The summed E-state index contributed by atoms with van der Waals surface area (Å²) in [5.41, 5.74) is -0.687. The third kappa shape index (κ3) is 2.55. The van der Waals surface area contributed by atoms with E-state index in [1.165, 1.54) is 0 Å². The lowest BCUT2D eigenvalue weighted by molar-refractivity contribution is -0.126. The smallest absolute Gasteiger partial charge is 0.240 e. The molecule has 0 aromatic carbocycles. The molecule has 0 aromatic rings. The summed E-state index contributed by atoms with van der Waals surface area (Å²) in [6.45, 7) is 10.5. The average molecular weight is 222 g/mol. The predicted molar refractivity (Wildman–Crippen MR) is 63.5 cm³/mol. The molecular formula is C13H22N2O. The number of carbonyl (C=O) groups is 1. The van der Waals surface area contributed by atoms with Gasteiger partial charge in [0.05, 0.1) is 6.07 Å². The highest BCUT2D eigenvalue weighted by Crippen LogP contribution is 2.45. The van der Waals surface area contributed by atoms with E-state index in [9.17, 15) is 4.79 Å².